The topological polar surface area (TPSA) is 81.5 Å². The van der Waals surface area contributed by atoms with Gasteiger partial charge in [-0.2, -0.15) is 0 Å². The largest absolute Gasteiger partial charge is 0.399 e. The molecular formula is C40H28Cl2F4N6. The lowest BCUT2D eigenvalue weighted by Gasteiger charge is -2.10. The highest BCUT2D eigenvalue weighted by Crippen LogP contribution is 2.28. The first-order valence-corrected chi connectivity index (χ1v) is 16.3. The minimum absolute atomic E-state index is 0.0743. The third-order valence-corrected chi connectivity index (χ3v) is 7.66. The summed E-state index contributed by atoms with van der Waals surface area (Å²) in [6.07, 6.45) is 0. The van der Waals surface area contributed by atoms with E-state index in [1.54, 1.807) is 24.3 Å². The molecule has 12 heteroatoms. The molecule has 0 saturated carbocycles. The maximum Gasteiger partial charge on any atom is 0.168 e. The molecule has 0 bridgehead atoms. The predicted molar refractivity (Wildman–Crippen MR) is 201 cm³/mol. The van der Waals surface area contributed by atoms with Gasteiger partial charge in [-0.25, -0.2) is 17.6 Å². The Morgan fingerprint density at radius 3 is 1.12 bits per heavy atom. The highest BCUT2D eigenvalue weighted by atomic mass is 35.5. The van der Waals surface area contributed by atoms with Crippen LogP contribution in [0.25, 0.3) is 28.5 Å². The van der Waals surface area contributed by atoms with Crippen LogP contribution in [0.3, 0.4) is 0 Å². The number of halogens is 6. The van der Waals surface area contributed by atoms with Crippen molar-refractivity contribution in [2.24, 2.45) is 10.2 Å². The molecule has 0 radical (unpaired) electrons. The van der Waals surface area contributed by atoms with Crippen molar-refractivity contribution >= 4 is 39.2 Å². The fraction of sp³-hybridized carbons (Fsp3) is 0. The summed E-state index contributed by atoms with van der Waals surface area (Å²) in [6.45, 7) is 0. The number of rotatable bonds is 6. The summed E-state index contributed by atoms with van der Waals surface area (Å²) in [5.74, 6) is -0.185. The molecule has 6 nitrogen and oxygen atoms in total. The molecule has 0 atom stereocenters. The van der Waals surface area contributed by atoms with Crippen molar-refractivity contribution in [2.45, 2.75) is 0 Å². The zero-order chi connectivity index (χ0) is 36.9. The Balaban J connectivity index is 0.000000173. The second kappa shape index (κ2) is 18.2. The van der Waals surface area contributed by atoms with Gasteiger partial charge in [0.05, 0.1) is 0 Å². The molecule has 52 heavy (non-hydrogen) atoms. The van der Waals surface area contributed by atoms with E-state index >= 15 is 0 Å². The van der Waals surface area contributed by atoms with Crippen molar-refractivity contribution in [2.75, 3.05) is 5.73 Å². The third-order valence-electron chi connectivity index (χ3n) is 7.07. The molecule has 7 aromatic rings. The molecule has 1 aromatic heterocycles. The van der Waals surface area contributed by atoms with Crippen LogP contribution >= 0.6 is 23.2 Å². The number of para-hydroxylation sites is 2. The smallest absolute Gasteiger partial charge is 0.168 e. The summed E-state index contributed by atoms with van der Waals surface area (Å²) in [4.78, 5) is 0. The van der Waals surface area contributed by atoms with Crippen LogP contribution in [0.15, 0.2) is 168 Å². The number of benzene rings is 6. The third kappa shape index (κ3) is 10.5. The van der Waals surface area contributed by atoms with Gasteiger partial charge in [0, 0.05) is 33.6 Å². The number of aromatic nitrogens is 3. The summed E-state index contributed by atoms with van der Waals surface area (Å²) in [6, 6.07) is 42.2. The number of nitrogens with zero attached hydrogens (tertiary/aromatic N) is 5. The van der Waals surface area contributed by atoms with Gasteiger partial charge < -0.3 is 5.73 Å². The molecule has 260 valence electrons. The number of nitrogens with two attached hydrogens (primary N) is 1. The maximum absolute atomic E-state index is 13.3. The van der Waals surface area contributed by atoms with Gasteiger partial charge in [0.25, 0.3) is 0 Å². The Morgan fingerprint density at radius 2 is 0.788 bits per heavy atom. The van der Waals surface area contributed by atoms with E-state index in [1.165, 1.54) is 72.8 Å². The molecule has 6 aromatic carbocycles. The highest BCUT2D eigenvalue weighted by molar-refractivity contribution is 6.71. The summed E-state index contributed by atoms with van der Waals surface area (Å²) in [7, 11) is 0. The molecule has 0 aliphatic carbocycles. The quantitative estimate of drug-likeness (QED) is 0.0798. The molecule has 0 aliphatic heterocycles. The lowest BCUT2D eigenvalue weighted by Crippen LogP contribution is -2.00. The van der Waals surface area contributed by atoms with E-state index in [-0.39, 0.29) is 33.6 Å². The number of anilines is 1. The molecule has 0 amide bonds. The standard InChI is InChI=1S/C20H13F2N3.C14H8Cl2F2N2.C6H7N/c21-16-10-6-14(7-11-16)19-23-24-20(15-8-12-17(22)13-9-15)25(19)18-4-2-1-3-5-18;15-13(9-1-5-11(17)6-2-9)19-20-14(16)10-3-7-12(18)8-4-10;7-6-4-2-1-3-5-6/h1-13H;1-8H;1-5H,7H2/b;19-13-,20-14-;. The fourth-order valence-corrected chi connectivity index (χ4v) is 4.84. The zero-order valence-electron chi connectivity index (χ0n) is 27.1. The van der Waals surface area contributed by atoms with Crippen LogP contribution in [0.5, 0.6) is 0 Å². The summed E-state index contributed by atoms with van der Waals surface area (Å²) in [5, 5.41) is 16.2. The lowest BCUT2D eigenvalue weighted by atomic mass is 10.1. The Labute approximate surface area is 307 Å². The normalized spacial score (nSPS) is 11.2. The molecule has 0 unspecified atom stereocenters. The van der Waals surface area contributed by atoms with E-state index in [2.05, 4.69) is 20.4 Å². The van der Waals surface area contributed by atoms with Gasteiger partial charge in [0.15, 0.2) is 22.0 Å². The van der Waals surface area contributed by atoms with Crippen LogP contribution in [0.1, 0.15) is 11.1 Å². The van der Waals surface area contributed by atoms with Crippen molar-refractivity contribution in [3.8, 4) is 28.5 Å². The second-order valence-corrected chi connectivity index (χ2v) is 11.5. The first kappa shape index (κ1) is 37.2. The summed E-state index contributed by atoms with van der Waals surface area (Å²) < 4.78 is 53.9. The van der Waals surface area contributed by atoms with E-state index in [1.807, 2.05) is 65.2 Å². The van der Waals surface area contributed by atoms with Gasteiger partial charge in [-0.1, -0.05) is 59.6 Å². The maximum atomic E-state index is 13.3. The zero-order valence-corrected chi connectivity index (χ0v) is 28.6. The Bertz CT molecular complexity index is 2110. The molecule has 0 saturated heterocycles. The van der Waals surface area contributed by atoms with Crippen molar-refractivity contribution in [1.29, 1.82) is 0 Å². The van der Waals surface area contributed by atoms with Crippen LogP contribution in [0.2, 0.25) is 0 Å². The van der Waals surface area contributed by atoms with Crippen LogP contribution in [0.4, 0.5) is 23.2 Å². The van der Waals surface area contributed by atoms with Gasteiger partial charge in [0.2, 0.25) is 0 Å². The van der Waals surface area contributed by atoms with Gasteiger partial charge in [0.1, 0.15) is 23.3 Å². The van der Waals surface area contributed by atoms with Crippen LogP contribution < -0.4 is 5.73 Å². The second-order valence-electron chi connectivity index (χ2n) is 10.7. The Kier molecular flexibility index (Phi) is 13.0. The van der Waals surface area contributed by atoms with E-state index in [9.17, 15) is 17.6 Å². The molecular weight excluding hydrogens is 711 g/mol. The van der Waals surface area contributed by atoms with Crippen molar-refractivity contribution < 1.29 is 17.6 Å². The first-order valence-electron chi connectivity index (χ1n) is 15.5. The van der Waals surface area contributed by atoms with E-state index in [0.717, 1.165) is 22.5 Å². The van der Waals surface area contributed by atoms with E-state index in [0.29, 0.717) is 22.8 Å². The molecule has 0 spiro atoms. The highest BCUT2D eigenvalue weighted by Gasteiger charge is 2.17. The van der Waals surface area contributed by atoms with E-state index in [4.69, 9.17) is 28.9 Å². The van der Waals surface area contributed by atoms with Crippen LogP contribution in [0, 0.1) is 23.3 Å². The first-order chi connectivity index (χ1) is 25.2. The van der Waals surface area contributed by atoms with Crippen molar-refractivity contribution in [3.05, 3.63) is 192 Å². The predicted octanol–water partition coefficient (Wildman–Crippen LogP) is 10.7. The number of nitrogen functional groups attached to an aromatic ring is 1. The lowest BCUT2D eigenvalue weighted by molar-refractivity contribution is 0.627. The van der Waals surface area contributed by atoms with Crippen molar-refractivity contribution in [3.63, 3.8) is 0 Å². The van der Waals surface area contributed by atoms with Gasteiger partial charge >= 0.3 is 0 Å². The average Bonchev–Trinajstić information content (AvgIpc) is 3.61. The number of hydrogen-bond donors (Lipinski definition) is 1. The monoisotopic (exact) mass is 738 g/mol. The summed E-state index contributed by atoms with van der Waals surface area (Å²) in [5.41, 5.74) is 9.56. The van der Waals surface area contributed by atoms with Crippen LogP contribution in [-0.4, -0.2) is 25.1 Å². The minimum Gasteiger partial charge on any atom is -0.399 e. The molecule has 1 heterocycles. The van der Waals surface area contributed by atoms with Gasteiger partial charge in [-0.3, -0.25) is 4.57 Å². The molecule has 2 N–H and O–H groups in total. The molecule has 0 aliphatic rings. The fourth-order valence-electron chi connectivity index (χ4n) is 4.51. The summed E-state index contributed by atoms with van der Waals surface area (Å²) >= 11 is 11.8. The molecule has 7 rings (SSSR count). The Morgan fingerprint density at radius 1 is 0.462 bits per heavy atom. The molecule has 0 fully saturated rings. The van der Waals surface area contributed by atoms with Gasteiger partial charge in [-0.05, 0) is 121 Å². The van der Waals surface area contributed by atoms with Gasteiger partial charge in [-0.15, -0.1) is 20.4 Å². The van der Waals surface area contributed by atoms with Crippen LogP contribution in [-0.2, 0) is 0 Å². The Hall–Kier alpha value is -6.10. The van der Waals surface area contributed by atoms with E-state index < -0.39 is 0 Å². The van der Waals surface area contributed by atoms with Crippen molar-refractivity contribution in [1.82, 2.24) is 14.8 Å². The average molecular weight is 740 g/mol. The SMILES string of the molecule is Fc1ccc(-c2nnc(-c3ccc(F)cc3)n2-c2ccccc2)cc1.Fc1ccc(/C(Cl)=N/N=C(\Cl)c2ccc(F)cc2)cc1.Nc1ccccc1. The number of hydrogen-bond acceptors (Lipinski definition) is 5. The minimum atomic E-state index is -0.369.